The topological polar surface area (TPSA) is 32.3 Å². The first-order chi connectivity index (χ1) is 8.84. The SMILES string of the molecule is O=C(CCN1CCCCCC1)NC1CCCCC1. The summed E-state index contributed by atoms with van der Waals surface area (Å²) in [4.78, 5) is 14.4. The summed E-state index contributed by atoms with van der Waals surface area (Å²) in [7, 11) is 0. The molecule has 1 heterocycles. The van der Waals surface area contributed by atoms with Crippen molar-refractivity contribution < 1.29 is 4.79 Å². The molecular formula is C15H28N2O. The smallest absolute Gasteiger partial charge is 0.221 e. The molecule has 1 aliphatic heterocycles. The summed E-state index contributed by atoms with van der Waals surface area (Å²) in [5.41, 5.74) is 0. The maximum absolute atomic E-state index is 11.9. The van der Waals surface area contributed by atoms with Crippen LogP contribution in [0.2, 0.25) is 0 Å². The third kappa shape index (κ3) is 4.97. The van der Waals surface area contributed by atoms with E-state index in [1.807, 2.05) is 0 Å². The molecule has 18 heavy (non-hydrogen) atoms. The van der Waals surface area contributed by atoms with Gasteiger partial charge in [-0.25, -0.2) is 0 Å². The lowest BCUT2D eigenvalue weighted by atomic mass is 9.95. The van der Waals surface area contributed by atoms with E-state index in [0.29, 0.717) is 12.5 Å². The van der Waals surface area contributed by atoms with Crippen molar-refractivity contribution in [1.82, 2.24) is 10.2 Å². The van der Waals surface area contributed by atoms with Crippen molar-refractivity contribution in [2.24, 2.45) is 0 Å². The third-order valence-corrected chi connectivity index (χ3v) is 4.32. The van der Waals surface area contributed by atoms with Crippen LogP contribution in [0.4, 0.5) is 0 Å². The predicted octanol–water partition coefficient (Wildman–Crippen LogP) is 2.70. The highest BCUT2D eigenvalue weighted by atomic mass is 16.1. The molecule has 0 spiro atoms. The van der Waals surface area contributed by atoms with Gasteiger partial charge in [-0.05, 0) is 38.8 Å². The van der Waals surface area contributed by atoms with Crippen LogP contribution in [0.1, 0.15) is 64.2 Å². The van der Waals surface area contributed by atoms with E-state index in [2.05, 4.69) is 10.2 Å². The summed E-state index contributed by atoms with van der Waals surface area (Å²) in [5.74, 6) is 0.270. The molecule has 3 nitrogen and oxygen atoms in total. The summed E-state index contributed by atoms with van der Waals surface area (Å²) in [6.07, 6.45) is 12.3. The van der Waals surface area contributed by atoms with Crippen molar-refractivity contribution in [3.05, 3.63) is 0 Å². The Hall–Kier alpha value is -0.570. The second kappa shape index (κ2) is 7.78. The summed E-state index contributed by atoms with van der Waals surface area (Å²) in [6.45, 7) is 3.34. The summed E-state index contributed by atoms with van der Waals surface area (Å²) in [5, 5.41) is 3.21. The van der Waals surface area contributed by atoms with Crippen LogP contribution in [0.25, 0.3) is 0 Å². The van der Waals surface area contributed by atoms with Gasteiger partial charge >= 0.3 is 0 Å². The zero-order chi connectivity index (χ0) is 12.6. The molecule has 0 radical (unpaired) electrons. The zero-order valence-corrected chi connectivity index (χ0v) is 11.6. The molecule has 104 valence electrons. The van der Waals surface area contributed by atoms with Gasteiger partial charge in [0.05, 0.1) is 0 Å². The Balaban J connectivity index is 1.61. The van der Waals surface area contributed by atoms with E-state index < -0.39 is 0 Å². The molecule has 1 aliphatic carbocycles. The normalized spacial score (nSPS) is 23.6. The van der Waals surface area contributed by atoms with Gasteiger partial charge in [0.2, 0.25) is 5.91 Å². The molecule has 0 unspecified atom stereocenters. The van der Waals surface area contributed by atoms with Crippen molar-refractivity contribution in [3.8, 4) is 0 Å². The van der Waals surface area contributed by atoms with Gasteiger partial charge in [-0.15, -0.1) is 0 Å². The molecule has 0 aromatic carbocycles. The maximum Gasteiger partial charge on any atom is 0.221 e. The van der Waals surface area contributed by atoms with Gasteiger partial charge in [0.15, 0.2) is 0 Å². The predicted molar refractivity (Wildman–Crippen MR) is 74.5 cm³/mol. The Morgan fingerprint density at radius 2 is 1.56 bits per heavy atom. The first-order valence-corrected chi connectivity index (χ1v) is 7.86. The second-order valence-corrected chi connectivity index (χ2v) is 5.91. The number of hydrogen-bond acceptors (Lipinski definition) is 2. The van der Waals surface area contributed by atoms with Gasteiger partial charge in [0, 0.05) is 19.0 Å². The molecule has 0 atom stereocenters. The Bertz CT molecular complexity index is 241. The maximum atomic E-state index is 11.9. The monoisotopic (exact) mass is 252 g/mol. The number of likely N-dealkylation sites (tertiary alicyclic amines) is 1. The molecule has 0 bridgehead atoms. The van der Waals surface area contributed by atoms with Gasteiger partial charge < -0.3 is 10.2 Å². The molecule has 2 aliphatic rings. The fourth-order valence-corrected chi connectivity index (χ4v) is 3.17. The van der Waals surface area contributed by atoms with Gasteiger partial charge in [0.25, 0.3) is 0 Å². The average Bonchev–Trinajstić information content (AvgIpc) is 2.66. The first-order valence-electron chi connectivity index (χ1n) is 7.86. The Morgan fingerprint density at radius 3 is 2.22 bits per heavy atom. The van der Waals surface area contributed by atoms with E-state index in [1.165, 1.54) is 70.9 Å². The van der Waals surface area contributed by atoms with Gasteiger partial charge in [-0.2, -0.15) is 0 Å². The molecule has 3 heteroatoms. The lowest BCUT2D eigenvalue weighted by Gasteiger charge is -2.24. The fourth-order valence-electron chi connectivity index (χ4n) is 3.17. The highest BCUT2D eigenvalue weighted by Crippen LogP contribution is 2.17. The average molecular weight is 252 g/mol. The van der Waals surface area contributed by atoms with Gasteiger partial charge in [-0.1, -0.05) is 32.1 Å². The Morgan fingerprint density at radius 1 is 0.944 bits per heavy atom. The molecule has 0 aromatic heterocycles. The molecule has 1 saturated heterocycles. The number of hydrogen-bond donors (Lipinski definition) is 1. The van der Waals surface area contributed by atoms with E-state index >= 15 is 0 Å². The van der Waals surface area contributed by atoms with E-state index in [0.717, 1.165) is 6.54 Å². The first kappa shape index (κ1) is 13.9. The van der Waals surface area contributed by atoms with Gasteiger partial charge in [0.1, 0.15) is 0 Å². The quantitative estimate of drug-likeness (QED) is 0.834. The molecular weight excluding hydrogens is 224 g/mol. The van der Waals surface area contributed by atoms with Crippen molar-refractivity contribution in [2.45, 2.75) is 70.3 Å². The van der Waals surface area contributed by atoms with Crippen molar-refractivity contribution in [1.29, 1.82) is 0 Å². The van der Waals surface area contributed by atoms with Crippen LogP contribution in [0.3, 0.4) is 0 Å². The molecule has 1 amide bonds. The van der Waals surface area contributed by atoms with E-state index in [-0.39, 0.29) is 5.91 Å². The third-order valence-electron chi connectivity index (χ3n) is 4.32. The molecule has 2 fully saturated rings. The summed E-state index contributed by atoms with van der Waals surface area (Å²) in [6, 6.07) is 0.468. The van der Waals surface area contributed by atoms with Crippen LogP contribution < -0.4 is 5.32 Å². The number of carbonyl (C=O) groups excluding carboxylic acids is 1. The highest BCUT2D eigenvalue weighted by molar-refractivity contribution is 5.76. The number of nitrogens with zero attached hydrogens (tertiary/aromatic N) is 1. The summed E-state index contributed by atoms with van der Waals surface area (Å²) >= 11 is 0. The Labute approximate surface area is 111 Å². The fraction of sp³-hybridized carbons (Fsp3) is 0.933. The number of carbonyl (C=O) groups is 1. The molecule has 1 N–H and O–H groups in total. The van der Waals surface area contributed by atoms with E-state index in [1.54, 1.807) is 0 Å². The molecule has 1 saturated carbocycles. The minimum atomic E-state index is 0.270. The van der Waals surface area contributed by atoms with E-state index in [4.69, 9.17) is 0 Å². The van der Waals surface area contributed by atoms with Crippen molar-refractivity contribution >= 4 is 5.91 Å². The second-order valence-electron chi connectivity index (χ2n) is 5.91. The van der Waals surface area contributed by atoms with E-state index in [9.17, 15) is 4.79 Å². The van der Waals surface area contributed by atoms with Crippen molar-refractivity contribution in [3.63, 3.8) is 0 Å². The summed E-state index contributed by atoms with van der Waals surface area (Å²) < 4.78 is 0. The molecule has 2 rings (SSSR count). The van der Waals surface area contributed by atoms with Crippen LogP contribution in [0.15, 0.2) is 0 Å². The van der Waals surface area contributed by atoms with Crippen LogP contribution in [-0.4, -0.2) is 36.5 Å². The minimum absolute atomic E-state index is 0.270. The lowest BCUT2D eigenvalue weighted by molar-refractivity contribution is -0.122. The highest BCUT2D eigenvalue weighted by Gasteiger charge is 2.16. The Kier molecular flexibility index (Phi) is 5.98. The van der Waals surface area contributed by atoms with Crippen LogP contribution in [0, 0.1) is 0 Å². The number of rotatable bonds is 4. The van der Waals surface area contributed by atoms with Crippen LogP contribution in [0.5, 0.6) is 0 Å². The van der Waals surface area contributed by atoms with Crippen molar-refractivity contribution in [2.75, 3.05) is 19.6 Å². The lowest BCUT2D eigenvalue weighted by Crippen LogP contribution is -2.38. The minimum Gasteiger partial charge on any atom is -0.353 e. The zero-order valence-electron chi connectivity index (χ0n) is 11.6. The largest absolute Gasteiger partial charge is 0.353 e. The van der Waals surface area contributed by atoms with Gasteiger partial charge in [-0.3, -0.25) is 4.79 Å². The van der Waals surface area contributed by atoms with Crippen LogP contribution >= 0.6 is 0 Å². The molecule has 0 aromatic rings. The number of amides is 1. The number of nitrogens with one attached hydrogen (secondary N) is 1. The van der Waals surface area contributed by atoms with Crippen LogP contribution in [-0.2, 0) is 4.79 Å². The standard InChI is InChI=1S/C15H28N2O/c18-15(16-14-8-4-3-5-9-14)10-13-17-11-6-1-2-7-12-17/h14H,1-13H2,(H,16,18).